The van der Waals surface area contributed by atoms with Crippen molar-refractivity contribution in [2.24, 2.45) is 0 Å². The van der Waals surface area contributed by atoms with E-state index in [1.54, 1.807) is 31.2 Å². The second-order valence-corrected chi connectivity index (χ2v) is 9.36. The highest BCUT2D eigenvalue weighted by atomic mass is 19.1. The molecule has 2 aromatic heterocycles. The number of methoxy groups -OCH3 is 1. The number of hydrogen-bond acceptors (Lipinski definition) is 8. The monoisotopic (exact) mass is 524 g/mol. The number of likely N-dealkylation sites (tertiary alicyclic amines) is 1. The number of nitrogens with zero attached hydrogens (tertiary/aromatic N) is 4. The zero-order valence-corrected chi connectivity index (χ0v) is 22.1. The maximum absolute atomic E-state index is 14.9. The highest BCUT2D eigenvalue weighted by Crippen LogP contribution is 2.31. The topological polar surface area (TPSA) is 95.9 Å². The van der Waals surface area contributed by atoms with E-state index in [9.17, 15) is 9.18 Å². The summed E-state index contributed by atoms with van der Waals surface area (Å²) in [5, 5.41) is 0. The first-order valence-corrected chi connectivity index (χ1v) is 12.7. The number of pyridine rings is 1. The molecule has 0 spiro atoms. The molecule has 9 nitrogen and oxygen atoms in total. The van der Waals surface area contributed by atoms with Crippen molar-refractivity contribution in [1.29, 1.82) is 0 Å². The first-order chi connectivity index (χ1) is 18.3. The molecular formula is C28H33FN4O5. The summed E-state index contributed by atoms with van der Waals surface area (Å²) in [6.07, 6.45) is 4.97. The molecule has 0 unspecified atom stereocenters. The van der Waals surface area contributed by atoms with Gasteiger partial charge < -0.3 is 23.8 Å². The number of amides is 1. The van der Waals surface area contributed by atoms with Crippen molar-refractivity contribution in [3.63, 3.8) is 0 Å². The van der Waals surface area contributed by atoms with E-state index in [4.69, 9.17) is 18.9 Å². The zero-order valence-electron chi connectivity index (χ0n) is 22.1. The fourth-order valence-corrected chi connectivity index (χ4v) is 4.18. The third kappa shape index (κ3) is 6.87. The van der Waals surface area contributed by atoms with Gasteiger partial charge >= 0.3 is 6.09 Å². The largest absolute Gasteiger partial charge is 0.495 e. The van der Waals surface area contributed by atoms with Gasteiger partial charge in [-0.15, -0.1) is 0 Å². The summed E-state index contributed by atoms with van der Waals surface area (Å²) >= 11 is 0. The van der Waals surface area contributed by atoms with Crippen LogP contribution in [-0.2, 0) is 17.6 Å². The second kappa shape index (κ2) is 12.5. The van der Waals surface area contributed by atoms with Crippen molar-refractivity contribution in [3.05, 3.63) is 65.5 Å². The molecule has 1 fully saturated rings. The first-order valence-electron chi connectivity index (χ1n) is 12.7. The first kappa shape index (κ1) is 27.1. The zero-order chi connectivity index (χ0) is 27.1. The van der Waals surface area contributed by atoms with Gasteiger partial charge in [0.25, 0.3) is 0 Å². The lowest BCUT2D eigenvalue weighted by molar-refractivity contribution is 0.0505. The standard InChI is InChI=1S/C28H33FN4O5/c1-18(2)36-28(34)33-14-11-21(12-15-33)37-26-19(3)27(32-17-31-26)38-24-10-8-20(16-22(24)29)7-9-23-25(35-4)6-5-13-30-23/h5-6,8,10,13,16-18,21H,7,9,11-12,14-15H2,1-4H3. The van der Waals surface area contributed by atoms with Crippen molar-refractivity contribution in [3.8, 4) is 23.3 Å². The van der Waals surface area contributed by atoms with E-state index in [1.807, 2.05) is 32.0 Å². The molecule has 0 radical (unpaired) electrons. The Bertz CT molecular complexity index is 1250. The molecule has 0 saturated carbocycles. The van der Waals surface area contributed by atoms with Crippen LogP contribution in [0.2, 0.25) is 0 Å². The van der Waals surface area contributed by atoms with Crippen LogP contribution in [0.15, 0.2) is 42.9 Å². The van der Waals surface area contributed by atoms with Gasteiger partial charge in [0.05, 0.1) is 24.5 Å². The molecule has 38 heavy (non-hydrogen) atoms. The van der Waals surface area contributed by atoms with Crippen LogP contribution in [0.3, 0.4) is 0 Å². The van der Waals surface area contributed by atoms with E-state index in [1.165, 1.54) is 12.4 Å². The number of carbonyl (C=O) groups is 1. The predicted molar refractivity (Wildman–Crippen MR) is 138 cm³/mol. The van der Waals surface area contributed by atoms with Crippen molar-refractivity contribution in [1.82, 2.24) is 19.9 Å². The lowest BCUT2D eigenvalue weighted by Crippen LogP contribution is -2.42. The highest BCUT2D eigenvalue weighted by Gasteiger charge is 2.26. The number of rotatable bonds is 9. The number of ether oxygens (including phenoxy) is 4. The van der Waals surface area contributed by atoms with Gasteiger partial charge in [0.15, 0.2) is 11.6 Å². The minimum atomic E-state index is -0.489. The van der Waals surface area contributed by atoms with E-state index in [2.05, 4.69) is 15.0 Å². The van der Waals surface area contributed by atoms with Crippen molar-refractivity contribution in [2.75, 3.05) is 20.2 Å². The third-order valence-corrected chi connectivity index (χ3v) is 6.23. The Labute approximate surface area is 221 Å². The van der Waals surface area contributed by atoms with Crippen molar-refractivity contribution < 1.29 is 28.1 Å². The molecule has 1 aromatic carbocycles. The minimum absolute atomic E-state index is 0.0638. The van der Waals surface area contributed by atoms with Crippen molar-refractivity contribution >= 4 is 6.09 Å². The van der Waals surface area contributed by atoms with Gasteiger partial charge in [0, 0.05) is 32.1 Å². The summed E-state index contributed by atoms with van der Waals surface area (Å²) in [6, 6.07) is 8.54. The van der Waals surface area contributed by atoms with Gasteiger partial charge in [0.1, 0.15) is 18.2 Å². The Morgan fingerprint density at radius 2 is 1.84 bits per heavy atom. The fourth-order valence-electron chi connectivity index (χ4n) is 4.18. The molecule has 0 aliphatic carbocycles. The van der Waals surface area contributed by atoms with Crippen LogP contribution in [-0.4, -0.2) is 58.4 Å². The summed E-state index contributed by atoms with van der Waals surface area (Å²) in [7, 11) is 1.60. The number of halogens is 1. The number of aromatic nitrogens is 3. The third-order valence-electron chi connectivity index (χ3n) is 6.23. The minimum Gasteiger partial charge on any atom is -0.495 e. The molecule has 0 atom stereocenters. The SMILES string of the molecule is COc1cccnc1CCc1ccc(Oc2ncnc(OC3CCN(C(=O)OC(C)C)CC3)c2C)c(F)c1. The molecule has 10 heteroatoms. The fraction of sp³-hybridized carbons (Fsp3) is 0.429. The van der Waals surface area contributed by atoms with Gasteiger partial charge in [-0.1, -0.05) is 6.07 Å². The molecule has 1 aliphatic rings. The Hall–Kier alpha value is -3.95. The van der Waals surface area contributed by atoms with Gasteiger partial charge in [-0.2, -0.15) is 0 Å². The lowest BCUT2D eigenvalue weighted by Gasteiger charge is -2.31. The Morgan fingerprint density at radius 1 is 1.08 bits per heavy atom. The number of piperidine rings is 1. The number of hydrogen-bond donors (Lipinski definition) is 0. The normalized spacial score (nSPS) is 13.9. The number of carbonyl (C=O) groups excluding carboxylic acids is 1. The van der Waals surface area contributed by atoms with Crippen LogP contribution >= 0.6 is 0 Å². The van der Waals surface area contributed by atoms with E-state index in [0.717, 1.165) is 11.3 Å². The van der Waals surface area contributed by atoms with E-state index < -0.39 is 5.82 Å². The van der Waals surface area contributed by atoms with Crippen LogP contribution in [0.5, 0.6) is 23.3 Å². The molecular weight excluding hydrogens is 491 g/mol. The summed E-state index contributed by atoms with van der Waals surface area (Å²) < 4.78 is 37.4. The van der Waals surface area contributed by atoms with Crippen LogP contribution in [0.4, 0.5) is 9.18 Å². The predicted octanol–water partition coefficient (Wildman–Crippen LogP) is 5.29. The average Bonchev–Trinajstić information content (AvgIpc) is 2.91. The van der Waals surface area contributed by atoms with Crippen LogP contribution < -0.4 is 14.2 Å². The molecule has 3 aromatic rings. The van der Waals surface area contributed by atoms with Crippen LogP contribution in [0.1, 0.15) is 43.5 Å². The Kier molecular flexibility index (Phi) is 8.93. The van der Waals surface area contributed by atoms with Crippen LogP contribution in [0, 0.1) is 12.7 Å². The Morgan fingerprint density at radius 3 is 2.55 bits per heavy atom. The van der Waals surface area contributed by atoms with Gasteiger partial charge in [-0.25, -0.2) is 19.2 Å². The highest BCUT2D eigenvalue weighted by molar-refractivity contribution is 5.67. The molecule has 3 heterocycles. The van der Waals surface area contributed by atoms with Gasteiger partial charge in [0.2, 0.25) is 11.8 Å². The van der Waals surface area contributed by atoms with Crippen LogP contribution in [0.25, 0.3) is 0 Å². The van der Waals surface area contributed by atoms with E-state index >= 15 is 0 Å². The smallest absolute Gasteiger partial charge is 0.410 e. The summed E-state index contributed by atoms with van der Waals surface area (Å²) in [5.41, 5.74) is 2.20. The molecule has 1 saturated heterocycles. The van der Waals surface area contributed by atoms with Crippen molar-refractivity contribution in [2.45, 2.75) is 58.7 Å². The number of benzene rings is 1. The van der Waals surface area contributed by atoms with E-state index in [0.29, 0.717) is 56.0 Å². The molecule has 1 amide bonds. The summed E-state index contributed by atoms with van der Waals surface area (Å²) in [4.78, 5) is 26.6. The molecule has 202 valence electrons. The second-order valence-electron chi connectivity index (χ2n) is 9.36. The number of aryl methyl sites for hydroxylation is 2. The average molecular weight is 525 g/mol. The molecule has 0 N–H and O–H groups in total. The van der Waals surface area contributed by atoms with E-state index in [-0.39, 0.29) is 29.9 Å². The lowest BCUT2D eigenvalue weighted by atomic mass is 10.1. The van der Waals surface area contributed by atoms with Gasteiger partial charge in [-0.05, 0) is 63.4 Å². The Balaban J connectivity index is 1.35. The van der Waals surface area contributed by atoms with Gasteiger partial charge in [-0.3, -0.25) is 4.98 Å². The summed E-state index contributed by atoms with van der Waals surface area (Å²) in [5.74, 6) is 0.882. The molecule has 1 aliphatic heterocycles. The molecule has 4 rings (SSSR count). The maximum atomic E-state index is 14.9. The summed E-state index contributed by atoms with van der Waals surface area (Å²) in [6.45, 7) is 6.49. The molecule has 0 bridgehead atoms. The maximum Gasteiger partial charge on any atom is 0.410 e. The quantitative estimate of drug-likeness (QED) is 0.372.